The number of hydrogen-bond acceptors (Lipinski definition) is 3. The Morgan fingerprint density at radius 1 is 0.833 bits per heavy atom. The molecule has 0 amide bonds. The van der Waals surface area contributed by atoms with E-state index in [1.807, 2.05) is 42.5 Å². The lowest BCUT2D eigenvalue weighted by atomic mass is 9.72. The van der Waals surface area contributed by atoms with Crippen LogP contribution in [0.1, 0.15) is 111 Å². The van der Waals surface area contributed by atoms with Crippen molar-refractivity contribution in [3.05, 3.63) is 53.6 Å². The third-order valence-corrected chi connectivity index (χ3v) is 7.91. The van der Waals surface area contributed by atoms with Gasteiger partial charge in [-0.2, -0.15) is 0 Å². The number of aryl methyl sites for hydroxylation is 1. The fraction of sp³-hybridized carbons (Fsp3) is 0.613. The number of rotatable bonds is 15. The monoisotopic (exact) mass is 515 g/mol. The first-order valence-electron chi connectivity index (χ1n) is 13.8. The Labute approximate surface area is 221 Å². The highest BCUT2D eigenvalue weighted by Gasteiger charge is 2.30. The Morgan fingerprint density at radius 2 is 1.50 bits per heavy atom. The lowest BCUT2D eigenvalue weighted by Crippen LogP contribution is -2.25. The standard InChI is InChI=1S/C31H49NO3S/c1-8-10-11-12-13-16-22-35-28-21-20-26(31(6,7)24-30(3,4)5)23-29(28)36(33,34)32-27-19-15-14-18-25(27)17-9-2/h14-15,18-21,23,32H,8-13,16-17,22,24H2,1-7H3. The Balaban J connectivity index is 2.36. The van der Waals surface area contributed by atoms with Gasteiger partial charge in [-0.05, 0) is 59.4 Å². The summed E-state index contributed by atoms with van der Waals surface area (Å²) < 4.78 is 36.5. The van der Waals surface area contributed by atoms with E-state index in [2.05, 4.69) is 53.2 Å². The van der Waals surface area contributed by atoms with E-state index >= 15 is 0 Å². The van der Waals surface area contributed by atoms with Crippen molar-refractivity contribution in [3.8, 4) is 5.75 Å². The zero-order chi connectivity index (χ0) is 26.8. The molecular weight excluding hydrogens is 466 g/mol. The topological polar surface area (TPSA) is 55.4 Å². The summed E-state index contributed by atoms with van der Waals surface area (Å²) in [7, 11) is -3.84. The Kier molecular flexibility index (Phi) is 11.3. The SMILES string of the molecule is CCCCCCCCOc1ccc(C(C)(C)CC(C)(C)C)cc1S(=O)(=O)Nc1ccccc1CCC. The third kappa shape index (κ3) is 9.46. The molecule has 0 aliphatic carbocycles. The first kappa shape index (κ1) is 30.2. The van der Waals surface area contributed by atoms with Gasteiger partial charge in [0.1, 0.15) is 10.6 Å². The number of hydrogen-bond donors (Lipinski definition) is 1. The molecule has 0 atom stereocenters. The minimum Gasteiger partial charge on any atom is -0.492 e. The smallest absolute Gasteiger partial charge is 0.265 e. The molecule has 0 radical (unpaired) electrons. The predicted octanol–water partition coefficient (Wildman–Crippen LogP) is 8.89. The average Bonchev–Trinajstić information content (AvgIpc) is 2.78. The molecule has 202 valence electrons. The number of benzene rings is 2. The summed E-state index contributed by atoms with van der Waals surface area (Å²) in [5.74, 6) is 0.430. The van der Waals surface area contributed by atoms with Crippen LogP contribution >= 0.6 is 0 Å². The molecular formula is C31H49NO3S. The van der Waals surface area contributed by atoms with Crippen LogP contribution in [-0.4, -0.2) is 15.0 Å². The molecule has 0 unspecified atom stereocenters. The van der Waals surface area contributed by atoms with E-state index in [4.69, 9.17) is 4.74 Å². The second-order valence-corrected chi connectivity index (χ2v) is 13.6. The Bertz CT molecular complexity index is 1050. The molecule has 0 aromatic heterocycles. The maximum atomic E-state index is 13.8. The summed E-state index contributed by atoms with van der Waals surface area (Å²) in [4.78, 5) is 0.222. The molecule has 36 heavy (non-hydrogen) atoms. The number of sulfonamides is 1. The fourth-order valence-electron chi connectivity index (χ4n) is 5.06. The van der Waals surface area contributed by atoms with E-state index in [1.165, 1.54) is 25.7 Å². The Morgan fingerprint density at radius 3 is 2.17 bits per heavy atom. The minimum atomic E-state index is -3.84. The van der Waals surface area contributed by atoms with Gasteiger partial charge < -0.3 is 4.74 Å². The number of unbranched alkanes of at least 4 members (excludes halogenated alkanes) is 5. The van der Waals surface area contributed by atoms with Crippen molar-refractivity contribution >= 4 is 15.7 Å². The summed E-state index contributed by atoms with van der Waals surface area (Å²) in [6.07, 6.45) is 9.65. The van der Waals surface area contributed by atoms with Crippen LogP contribution in [0.2, 0.25) is 0 Å². The van der Waals surface area contributed by atoms with Gasteiger partial charge in [0.2, 0.25) is 0 Å². The van der Waals surface area contributed by atoms with E-state index in [1.54, 1.807) is 0 Å². The molecule has 0 bridgehead atoms. The van der Waals surface area contributed by atoms with Gasteiger partial charge in [0.25, 0.3) is 10.0 Å². The van der Waals surface area contributed by atoms with Crippen LogP contribution in [0.4, 0.5) is 5.69 Å². The minimum absolute atomic E-state index is 0.118. The van der Waals surface area contributed by atoms with Crippen LogP contribution < -0.4 is 9.46 Å². The molecule has 1 N–H and O–H groups in total. The van der Waals surface area contributed by atoms with Gasteiger partial charge in [-0.1, -0.05) is 111 Å². The summed E-state index contributed by atoms with van der Waals surface area (Å²) in [6.45, 7) is 15.9. The van der Waals surface area contributed by atoms with Crippen LogP contribution in [0.15, 0.2) is 47.4 Å². The molecule has 0 aliphatic rings. The van der Waals surface area contributed by atoms with Gasteiger partial charge in [-0.15, -0.1) is 0 Å². The fourth-order valence-corrected chi connectivity index (χ4v) is 6.33. The average molecular weight is 516 g/mol. The van der Waals surface area contributed by atoms with Crippen molar-refractivity contribution in [2.75, 3.05) is 11.3 Å². The van der Waals surface area contributed by atoms with Crippen molar-refractivity contribution in [2.45, 2.75) is 117 Å². The van der Waals surface area contributed by atoms with Crippen molar-refractivity contribution < 1.29 is 13.2 Å². The highest BCUT2D eigenvalue weighted by atomic mass is 32.2. The van der Waals surface area contributed by atoms with E-state index in [0.717, 1.165) is 43.2 Å². The number of para-hydroxylation sites is 1. The summed E-state index contributed by atoms with van der Waals surface area (Å²) in [5.41, 5.74) is 2.59. The molecule has 2 aromatic carbocycles. The lowest BCUT2D eigenvalue weighted by molar-refractivity contribution is 0.281. The van der Waals surface area contributed by atoms with Crippen LogP contribution in [-0.2, 0) is 21.9 Å². The molecule has 2 aromatic rings. The summed E-state index contributed by atoms with van der Waals surface area (Å²) in [6, 6.07) is 13.4. The lowest BCUT2D eigenvalue weighted by Gasteiger charge is -2.33. The molecule has 0 spiro atoms. The van der Waals surface area contributed by atoms with Crippen LogP contribution in [0.5, 0.6) is 5.75 Å². The summed E-state index contributed by atoms with van der Waals surface area (Å²) >= 11 is 0. The third-order valence-electron chi connectivity index (χ3n) is 6.52. The largest absolute Gasteiger partial charge is 0.492 e. The molecule has 4 nitrogen and oxygen atoms in total. The molecule has 2 rings (SSSR count). The molecule has 5 heteroatoms. The molecule has 0 saturated heterocycles. The Hall–Kier alpha value is -2.01. The molecule has 0 heterocycles. The number of ether oxygens (including phenoxy) is 1. The second-order valence-electron chi connectivity index (χ2n) is 11.9. The van der Waals surface area contributed by atoms with Gasteiger partial charge in [-0.3, -0.25) is 4.72 Å². The van der Waals surface area contributed by atoms with Gasteiger partial charge in [0, 0.05) is 0 Å². The van der Waals surface area contributed by atoms with Crippen LogP contribution in [0.3, 0.4) is 0 Å². The van der Waals surface area contributed by atoms with Crippen LogP contribution in [0.25, 0.3) is 0 Å². The molecule has 0 saturated carbocycles. The zero-order valence-electron chi connectivity index (χ0n) is 23.7. The maximum absolute atomic E-state index is 13.8. The van der Waals surface area contributed by atoms with Gasteiger partial charge in [-0.25, -0.2) is 8.42 Å². The van der Waals surface area contributed by atoms with E-state index in [-0.39, 0.29) is 15.7 Å². The normalized spacial score (nSPS) is 12.5. The molecule has 0 aliphatic heterocycles. The predicted molar refractivity (Wildman–Crippen MR) is 154 cm³/mol. The van der Waals surface area contributed by atoms with Gasteiger partial charge in [0.15, 0.2) is 0 Å². The van der Waals surface area contributed by atoms with E-state index in [0.29, 0.717) is 18.0 Å². The zero-order valence-corrected chi connectivity index (χ0v) is 24.6. The van der Waals surface area contributed by atoms with Crippen molar-refractivity contribution in [3.63, 3.8) is 0 Å². The van der Waals surface area contributed by atoms with Gasteiger partial charge >= 0.3 is 0 Å². The van der Waals surface area contributed by atoms with Gasteiger partial charge in [0.05, 0.1) is 12.3 Å². The quantitative estimate of drug-likeness (QED) is 0.241. The first-order valence-corrected chi connectivity index (χ1v) is 15.3. The van der Waals surface area contributed by atoms with E-state index in [9.17, 15) is 8.42 Å². The maximum Gasteiger partial charge on any atom is 0.265 e. The second kappa shape index (κ2) is 13.5. The van der Waals surface area contributed by atoms with Crippen LogP contribution in [0, 0.1) is 5.41 Å². The van der Waals surface area contributed by atoms with Crippen molar-refractivity contribution in [1.29, 1.82) is 0 Å². The summed E-state index contributed by atoms with van der Waals surface area (Å²) in [5, 5.41) is 0. The highest BCUT2D eigenvalue weighted by Crippen LogP contribution is 2.39. The van der Waals surface area contributed by atoms with E-state index < -0.39 is 10.0 Å². The highest BCUT2D eigenvalue weighted by molar-refractivity contribution is 7.92. The molecule has 0 fully saturated rings. The van der Waals surface area contributed by atoms with Crippen molar-refractivity contribution in [1.82, 2.24) is 0 Å². The number of nitrogens with one attached hydrogen (secondary N) is 1. The van der Waals surface area contributed by atoms with Crippen molar-refractivity contribution in [2.24, 2.45) is 5.41 Å². The first-order chi connectivity index (χ1) is 16.9. The number of anilines is 1.